The predicted octanol–water partition coefficient (Wildman–Crippen LogP) is 2.81. The van der Waals surface area contributed by atoms with E-state index in [4.69, 9.17) is 0 Å². The van der Waals surface area contributed by atoms with Crippen LogP contribution < -0.4 is 5.32 Å². The molecule has 2 heterocycles. The standard InChI is InChI=1S/C22H24N4O2/c1-15-14-23-20(22(28)25-19-4-2-5-21(19)27)13-17(15)12-16-6-8-18(9-7-16)26-11-3-10-24-26/h3,6-11,13-14,19,21,27H,2,4-5,12H2,1H3,(H,25,28)/t19-,21-/m0/s1. The number of benzene rings is 1. The molecule has 28 heavy (non-hydrogen) atoms. The molecular weight excluding hydrogens is 352 g/mol. The SMILES string of the molecule is Cc1cnc(C(=O)N[C@H]2CCC[C@@H]2O)cc1Cc1ccc(-n2cccn2)cc1. The molecule has 1 saturated carbocycles. The third-order valence-electron chi connectivity index (χ3n) is 5.34. The first-order valence-corrected chi connectivity index (χ1v) is 9.63. The number of aliphatic hydroxyl groups excluding tert-OH is 1. The second kappa shape index (κ2) is 7.94. The zero-order valence-corrected chi connectivity index (χ0v) is 15.9. The lowest BCUT2D eigenvalue weighted by Gasteiger charge is -2.16. The quantitative estimate of drug-likeness (QED) is 0.718. The summed E-state index contributed by atoms with van der Waals surface area (Å²) in [5.41, 5.74) is 4.68. The average Bonchev–Trinajstić information content (AvgIpc) is 3.37. The highest BCUT2D eigenvalue weighted by atomic mass is 16.3. The average molecular weight is 376 g/mol. The Bertz CT molecular complexity index is 951. The highest BCUT2D eigenvalue weighted by molar-refractivity contribution is 5.92. The van der Waals surface area contributed by atoms with Gasteiger partial charge in [0.05, 0.1) is 17.8 Å². The maximum absolute atomic E-state index is 12.5. The summed E-state index contributed by atoms with van der Waals surface area (Å²) in [6.07, 6.45) is 8.17. The molecule has 144 valence electrons. The maximum Gasteiger partial charge on any atom is 0.270 e. The van der Waals surface area contributed by atoms with E-state index >= 15 is 0 Å². The van der Waals surface area contributed by atoms with Crippen molar-refractivity contribution in [2.45, 2.75) is 44.8 Å². The van der Waals surface area contributed by atoms with Crippen LogP contribution in [0, 0.1) is 6.92 Å². The fourth-order valence-corrected chi connectivity index (χ4v) is 3.64. The Morgan fingerprint density at radius 3 is 2.79 bits per heavy atom. The minimum Gasteiger partial charge on any atom is -0.391 e. The minimum absolute atomic E-state index is 0.172. The van der Waals surface area contributed by atoms with Gasteiger partial charge in [-0.3, -0.25) is 9.78 Å². The van der Waals surface area contributed by atoms with Crippen LogP contribution in [-0.2, 0) is 6.42 Å². The molecule has 0 bridgehead atoms. The Morgan fingerprint density at radius 1 is 1.29 bits per heavy atom. The van der Waals surface area contributed by atoms with Crippen molar-refractivity contribution in [1.29, 1.82) is 0 Å². The van der Waals surface area contributed by atoms with E-state index in [2.05, 4.69) is 27.5 Å². The van der Waals surface area contributed by atoms with Crippen molar-refractivity contribution in [1.82, 2.24) is 20.1 Å². The van der Waals surface area contributed by atoms with Gasteiger partial charge in [0.1, 0.15) is 5.69 Å². The Balaban J connectivity index is 1.48. The lowest BCUT2D eigenvalue weighted by atomic mass is 10.0. The molecule has 1 amide bonds. The molecule has 0 saturated heterocycles. The fourth-order valence-electron chi connectivity index (χ4n) is 3.64. The zero-order valence-electron chi connectivity index (χ0n) is 15.9. The minimum atomic E-state index is -0.456. The Hall–Kier alpha value is -2.99. The van der Waals surface area contributed by atoms with Crippen molar-refractivity contribution in [2.75, 3.05) is 0 Å². The van der Waals surface area contributed by atoms with Crippen LogP contribution in [0.3, 0.4) is 0 Å². The summed E-state index contributed by atoms with van der Waals surface area (Å²) in [5, 5.41) is 17.1. The molecule has 4 rings (SSSR count). The van der Waals surface area contributed by atoms with Crippen LogP contribution >= 0.6 is 0 Å². The molecular formula is C22H24N4O2. The highest BCUT2D eigenvalue weighted by Crippen LogP contribution is 2.20. The van der Waals surface area contributed by atoms with E-state index in [-0.39, 0.29) is 11.9 Å². The summed E-state index contributed by atoms with van der Waals surface area (Å²) >= 11 is 0. The van der Waals surface area contributed by atoms with Crippen molar-refractivity contribution in [3.05, 3.63) is 77.4 Å². The van der Waals surface area contributed by atoms with Crippen molar-refractivity contribution in [3.8, 4) is 5.69 Å². The number of rotatable bonds is 5. The normalized spacial score (nSPS) is 18.9. The lowest BCUT2D eigenvalue weighted by molar-refractivity contribution is 0.0868. The molecule has 1 aromatic carbocycles. The van der Waals surface area contributed by atoms with Crippen LogP contribution in [0.4, 0.5) is 0 Å². The molecule has 6 nitrogen and oxygen atoms in total. The third kappa shape index (κ3) is 3.97. The lowest BCUT2D eigenvalue weighted by Crippen LogP contribution is -2.40. The molecule has 0 aliphatic heterocycles. The Labute approximate surface area is 164 Å². The van der Waals surface area contributed by atoms with Crippen LogP contribution in [0.15, 0.2) is 55.0 Å². The molecule has 1 fully saturated rings. The number of nitrogens with one attached hydrogen (secondary N) is 1. The molecule has 6 heteroatoms. The monoisotopic (exact) mass is 376 g/mol. The van der Waals surface area contributed by atoms with E-state index in [1.165, 1.54) is 0 Å². The van der Waals surface area contributed by atoms with Gasteiger partial charge in [-0.05, 0) is 73.6 Å². The maximum atomic E-state index is 12.5. The van der Waals surface area contributed by atoms with Crippen molar-refractivity contribution in [3.63, 3.8) is 0 Å². The fraction of sp³-hybridized carbons (Fsp3) is 0.318. The molecule has 2 aromatic heterocycles. The van der Waals surface area contributed by atoms with Crippen LogP contribution in [-0.4, -0.2) is 37.9 Å². The summed E-state index contributed by atoms with van der Waals surface area (Å²) < 4.78 is 1.82. The summed E-state index contributed by atoms with van der Waals surface area (Å²) in [7, 11) is 0. The number of pyridine rings is 1. The number of carbonyl (C=O) groups excluding carboxylic acids is 1. The predicted molar refractivity (Wildman–Crippen MR) is 106 cm³/mol. The number of aryl methyl sites for hydroxylation is 1. The second-order valence-electron chi connectivity index (χ2n) is 7.37. The first-order chi connectivity index (χ1) is 13.6. The number of hydrogen-bond donors (Lipinski definition) is 2. The number of hydrogen-bond acceptors (Lipinski definition) is 4. The first kappa shape index (κ1) is 18.4. The van der Waals surface area contributed by atoms with Crippen molar-refractivity contribution in [2.24, 2.45) is 0 Å². The van der Waals surface area contributed by atoms with Gasteiger partial charge in [-0.2, -0.15) is 5.10 Å². The van der Waals surface area contributed by atoms with E-state index in [0.717, 1.165) is 48.1 Å². The summed E-state index contributed by atoms with van der Waals surface area (Å²) in [6, 6.07) is 11.8. The van der Waals surface area contributed by atoms with Gasteiger partial charge in [0.25, 0.3) is 5.91 Å². The van der Waals surface area contributed by atoms with Crippen LogP contribution in [0.1, 0.15) is 46.4 Å². The molecule has 3 aromatic rings. The highest BCUT2D eigenvalue weighted by Gasteiger charge is 2.27. The number of aliphatic hydroxyl groups is 1. The van der Waals surface area contributed by atoms with Crippen LogP contribution in [0.5, 0.6) is 0 Å². The Morgan fingerprint density at radius 2 is 2.11 bits per heavy atom. The Kier molecular flexibility index (Phi) is 5.21. The van der Waals surface area contributed by atoms with Gasteiger partial charge in [0.2, 0.25) is 0 Å². The molecule has 0 radical (unpaired) electrons. The van der Waals surface area contributed by atoms with Gasteiger partial charge in [0.15, 0.2) is 0 Å². The first-order valence-electron chi connectivity index (χ1n) is 9.63. The van der Waals surface area contributed by atoms with Gasteiger partial charge in [-0.15, -0.1) is 0 Å². The van der Waals surface area contributed by atoms with Crippen LogP contribution in [0.25, 0.3) is 5.69 Å². The molecule has 0 unspecified atom stereocenters. The number of amides is 1. The van der Waals surface area contributed by atoms with E-state index in [0.29, 0.717) is 5.69 Å². The smallest absolute Gasteiger partial charge is 0.270 e. The topological polar surface area (TPSA) is 80.0 Å². The van der Waals surface area contributed by atoms with Gasteiger partial charge >= 0.3 is 0 Å². The summed E-state index contributed by atoms with van der Waals surface area (Å²) in [5.74, 6) is -0.221. The second-order valence-corrected chi connectivity index (χ2v) is 7.37. The van der Waals surface area contributed by atoms with Gasteiger partial charge in [-0.1, -0.05) is 12.1 Å². The third-order valence-corrected chi connectivity index (χ3v) is 5.34. The number of carbonyl (C=O) groups is 1. The number of aromatic nitrogens is 3. The summed E-state index contributed by atoms with van der Waals surface area (Å²) in [6.45, 7) is 2.00. The van der Waals surface area contributed by atoms with Gasteiger partial charge < -0.3 is 10.4 Å². The van der Waals surface area contributed by atoms with Gasteiger partial charge in [0, 0.05) is 18.6 Å². The van der Waals surface area contributed by atoms with E-state index in [1.807, 2.05) is 42.1 Å². The van der Waals surface area contributed by atoms with E-state index < -0.39 is 6.10 Å². The number of nitrogens with zero attached hydrogens (tertiary/aromatic N) is 3. The van der Waals surface area contributed by atoms with E-state index in [1.54, 1.807) is 12.4 Å². The molecule has 1 aliphatic carbocycles. The molecule has 2 N–H and O–H groups in total. The molecule has 1 aliphatic rings. The van der Waals surface area contributed by atoms with Crippen molar-refractivity contribution >= 4 is 5.91 Å². The molecule has 2 atom stereocenters. The van der Waals surface area contributed by atoms with Crippen molar-refractivity contribution < 1.29 is 9.90 Å². The van der Waals surface area contributed by atoms with E-state index in [9.17, 15) is 9.90 Å². The summed E-state index contributed by atoms with van der Waals surface area (Å²) in [4.78, 5) is 16.8. The van der Waals surface area contributed by atoms with Gasteiger partial charge in [-0.25, -0.2) is 4.68 Å². The van der Waals surface area contributed by atoms with Crippen LogP contribution in [0.2, 0.25) is 0 Å². The molecule has 0 spiro atoms. The zero-order chi connectivity index (χ0) is 19.5. The largest absolute Gasteiger partial charge is 0.391 e.